The van der Waals surface area contributed by atoms with E-state index in [1.807, 2.05) is 31.2 Å². The van der Waals surface area contributed by atoms with Crippen LogP contribution in [0.5, 0.6) is 0 Å². The number of nitrogens with one attached hydrogen (secondary N) is 1. The third-order valence-corrected chi connectivity index (χ3v) is 5.60. The first kappa shape index (κ1) is 13.9. The molecule has 0 amide bonds. The van der Waals surface area contributed by atoms with Crippen LogP contribution in [0.15, 0.2) is 47.4 Å². The molecule has 0 fully saturated rings. The highest BCUT2D eigenvalue weighted by Gasteiger charge is 2.23. The van der Waals surface area contributed by atoms with E-state index in [0.717, 1.165) is 24.2 Å². The predicted octanol–water partition coefficient (Wildman–Crippen LogP) is 2.79. The van der Waals surface area contributed by atoms with Crippen LogP contribution in [0.25, 0.3) is 0 Å². The largest absolute Gasteiger partial charge is 0.384 e. The van der Waals surface area contributed by atoms with Gasteiger partial charge in [0, 0.05) is 19.3 Å². The Kier molecular flexibility index (Phi) is 3.37. The van der Waals surface area contributed by atoms with Gasteiger partial charge in [-0.15, -0.1) is 0 Å². The summed E-state index contributed by atoms with van der Waals surface area (Å²) >= 11 is 0. The standard InChI is InChI=1S/C16H18N2O2S/c1-12-4-3-5-14(10-12)18(2)21(19,20)15-7-6-13-8-9-17-16(13)11-15/h3-7,10-11,17H,8-9H2,1-2H3. The lowest BCUT2D eigenvalue weighted by Gasteiger charge is -2.20. The molecular formula is C16H18N2O2S. The van der Waals surface area contributed by atoms with E-state index in [9.17, 15) is 8.42 Å². The maximum absolute atomic E-state index is 12.7. The number of fused-ring (bicyclic) bond motifs is 1. The van der Waals surface area contributed by atoms with Crippen LogP contribution in [-0.4, -0.2) is 22.0 Å². The van der Waals surface area contributed by atoms with Crippen LogP contribution in [0, 0.1) is 6.92 Å². The lowest BCUT2D eigenvalue weighted by atomic mass is 10.2. The van der Waals surface area contributed by atoms with E-state index < -0.39 is 10.0 Å². The molecular weight excluding hydrogens is 284 g/mol. The second kappa shape index (κ2) is 5.07. The van der Waals surface area contributed by atoms with Gasteiger partial charge in [-0.2, -0.15) is 0 Å². The summed E-state index contributed by atoms with van der Waals surface area (Å²) in [5, 5.41) is 3.22. The molecule has 0 saturated heterocycles. The minimum atomic E-state index is -3.54. The van der Waals surface area contributed by atoms with Crippen molar-refractivity contribution in [2.45, 2.75) is 18.2 Å². The number of benzene rings is 2. The van der Waals surface area contributed by atoms with E-state index in [1.165, 1.54) is 9.87 Å². The Bertz CT molecular complexity index is 785. The number of aryl methyl sites for hydroxylation is 1. The first-order valence-electron chi connectivity index (χ1n) is 6.91. The zero-order valence-corrected chi connectivity index (χ0v) is 12.9. The molecule has 2 aromatic carbocycles. The van der Waals surface area contributed by atoms with Gasteiger partial charge in [-0.1, -0.05) is 18.2 Å². The van der Waals surface area contributed by atoms with Gasteiger partial charge in [-0.05, 0) is 48.7 Å². The predicted molar refractivity (Wildman–Crippen MR) is 85.4 cm³/mol. The Hall–Kier alpha value is -2.01. The lowest BCUT2D eigenvalue weighted by Crippen LogP contribution is -2.26. The zero-order chi connectivity index (χ0) is 15.0. The number of hydrogen-bond donors (Lipinski definition) is 1. The highest BCUT2D eigenvalue weighted by molar-refractivity contribution is 7.92. The minimum Gasteiger partial charge on any atom is -0.384 e. The Morgan fingerprint density at radius 2 is 1.95 bits per heavy atom. The summed E-state index contributed by atoms with van der Waals surface area (Å²) in [7, 11) is -1.95. The van der Waals surface area contributed by atoms with E-state index in [-0.39, 0.29) is 0 Å². The van der Waals surface area contributed by atoms with E-state index in [2.05, 4.69) is 5.32 Å². The Morgan fingerprint density at radius 3 is 2.71 bits per heavy atom. The van der Waals surface area contributed by atoms with Crippen molar-refractivity contribution in [2.75, 3.05) is 23.2 Å². The SMILES string of the molecule is Cc1cccc(N(C)S(=O)(=O)c2ccc3c(c2)NCC3)c1. The highest BCUT2D eigenvalue weighted by Crippen LogP contribution is 2.28. The smallest absolute Gasteiger partial charge is 0.264 e. The number of sulfonamides is 1. The van der Waals surface area contributed by atoms with E-state index in [4.69, 9.17) is 0 Å². The van der Waals surface area contributed by atoms with Gasteiger partial charge in [0.15, 0.2) is 0 Å². The van der Waals surface area contributed by atoms with Crippen molar-refractivity contribution in [2.24, 2.45) is 0 Å². The van der Waals surface area contributed by atoms with Gasteiger partial charge in [-0.25, -0.2) is 8.42 Å². The maximum atomic E-state index is 12.7. The van der Waals surface area contributed by atoms with Crippen LogP contribution >= 0.6 is 0 Å². The highest BCUT2D eigenvalue weighted by atomic mass is 32.2. The van der Waals surface area contributed by atoms with Crippen LogP contribution < -0.4 is 9.62 Å². The van der Waals surface area contributed by atoms with Crippen molar-refractivity contribution >= 4 is 21.4 Å². The topological polar surface area (TPSA) is 49.4 Å². The molecule has 0 atom stereocenters. The fraction of sp³-hybridized carbons (Fsp3) is 0.250. The molecule has 0 spiro atoms. The van der Waals surface area contributed by atoms with Crippen molar-refractivity contribution in [3.63, 3.8) is 0 Å². The molecule has 3 rings (SSSR count). The molecule has 5 heteroatoms. The number of nitrogens with zero attached hydrogens (tertiary/aromatic N) is 1. The molecule has 4 nitrogen and oxygen atoms in total. The normalized spacial score (nSPS) is 13.6. The fourth-order valence-corrected chi connectivity index (χ4v) is 3.77. The monoisotopic (exact) mass is 302 g/mol. The Morgan fingerprint density at radius 1 is 1.14 bits per heavy atom. The third-order valence-electron chi connectivity index (χ3n) is 3.81. The summed E-state index contributed by atoms with van der Waals surface area (Å²) < 4.78 is 26.8. The summed E-state index contributed by atoms with van der Waals surface area (Å²) in [6.07, 6.45) is 0.948. The van der Waals surface area contributed by atoms with Gasteiger partial charge in [0.1, 0.15) is 0 Å². The van der Waals surface area contributed by atoms with Gasteiger partial charge in [0.05, 0.1) is 10.6 Å². The van der Waals surface area contributed by atoms with Gasteiger partial charge < -0.3 is 5.32 Å². The van der Waals surface area contributed by atoms with Gasteiger partial charge in [0.2, 0.25) is 0 Å². The molecule has 2 aromatic rings. The summed E-state index contributed by atoms with van der Waals surface area (Å²) in [6.45, 7) is 2.82. The van der Waals surface area contributed by atoms with Gasteiger partial charge in [-0.3, -0.25) is 4.31 Å². The molecule has 0 radical (unpaired) electrons. The molecule has 110 valence electrons. The molecule has 0 bridgehead atoms. The third kappa shape index (κ3) is 2.49. The molecule has 0 aliphatic carbocycles. The van der Waals surface area contributed by atoms with E-state index in [0.29, 0.717) is 10.6 Å². The van der Waals surface area contributed by atoms with Crippen molar-refractivity contribution in [3.8, 4) is 0 Å². The van der Waals surface area contributed by atoms with Gasteiger partial charge in [0.25, 0.3) is 10.0 Å². The molecule has 1 heterocycles. The zero-order valence-electron chi connectivity index (χ0n) is 12.1. The van der Waals surface area contributed by atoms with Crippen LogP contribution in [0.3, 0.4) is 0 Å². The minimum absolute atomic E-state index is 0.319. The lowest BCUT2D eigenvalue weighted by molar-refractivity contribution is 0.594. The number of rotatable bonds is 3. The maximum Gasteiger partial charge on any atom is 0.264 e. The average Bonchev–Trinajstić information content (AvgIpc) is 2.93. The average molecular weight is 302 g/mol. The van der Waals surface area contributed by atoms with Crippen molar-refractivity contribution in [1.82, 2.24) is 0 Å². The van der Waals surface area contributed by atoms with Crippen LogP contribution in [0.2, 0.25) is 0 Å². The molecule has 21 heavy (non-hydrogen) atoms. The molecule has 1 aliphatic heterocycles. The fourth-order valence-electron chi connectivity index (χ4n) is 2.55. The summed E-state index contributed by atoms with van der Waals surface area (Å²) in [5.41, 5.74) is 3.80. The number of hydrogen-bond acceptors (Lipinski definition) is 3. The second-order valence-corrected chi connectivity index (χ2v) is 7.28. The molecule has 0 saturated carbocycles. The van der Waals surface area contributed by atoms with Crippen LogP contribution in [0.4, 0.5) is 11.4 Å². The quantitative estimate of drug-likeness (QED) is 0.948. The summed E-state index contributed by atoms with van der Waals surface area (Å²) in [4.78, 5) is 0.319. The second-order valence-electron chi connectivity index (χ2n) is 5.31. The first-order valence-corrected chi connectivity index (χ1v) is 8.35. The van der Waals surface area contributed by atoms with Crippen molar-refractivity contribution in [3.05, 3.63) is 53.6 Å². The Balaban J connectivity index is 2.00. The van der Waals surface area contributed by atoms with Crippen molar-refractivity contribution < 1.29 is 8.42 Å². The molecule has 1 aliphatic rings. The Labute approximate surface area is 125 Å². The van der Waals surface area contributed by atoms with Crippen molar-refractivity contribution in [1.29, 1.82) is 0 Å². The van der Waals surface area contributed by atoms with Crippen LogP contribution in [0.1, 0.15) is 11.1 Å². The summed E-state index contributed by atoms with van der Waals surface area (Å²) in [6, 6.07) is 12.8. The van der Waals surface area contributed by atoms with Gasteiger partial charge >= 0.3 is 0 Å². The number of anilines is 2. The molecule has 0 aromatic heterocycles. The van der Waals surface area contributed by atoms with E-state index >= 15 is 0 Å². The van der Waals surface area contributed by atoms with Crippen LogP contribution in [-0.2, 0) is 16.4 Å². The molecule has 1 N–H and O–H groups in total. The molecule has 0 unspecified atom stereocenters. The summed E-state index contributed by atoms with van der Waals surface area (Å²) in [5.74, 6) is 0. The first-order chi connectivity index (χ1) is 9.98. The van der Waals surface area contributed by atoms with E-state index in [1.54, 1.807) is 25.2 Å².